The van der Waals surface area contributed by atoms with Crippen molar-refractivity contribution in [1.82, 2.24) is 0 Å². The number of anilines is 2. The Balaban J connectivity index is 1.69. The van der Waals surface area contributed by atoms with Gasteiger partial charge in [-0.15, -0.1) is 0 Å². The van der Waals surface area contributed by atoms with Crippen LogP contribution in [0.5, 0.6) is 5.75 Å². The number of benzene rings is 2. The molecule has 2 aromatic carbocycles. The number of carbonyl (C=O) groups excluding carboxylic acids is 1. The summed E-state index contributed by atoms with van der Waals surface area (Å²) in [4.78, 5) is 25.0. The molecule has 27 heavy (non-hydrogen) atoms. The maximum Gasteiger partial charge on any atom is 0.310 e. The normalized spacial score (nSPS) is 13.9. The number of piperidine rings is 1. The maximum absolute atomic E-state index is 12.3. The lowest BCUT2D eigenvalue weighted by Crippen LogP contribution is -2.31. The van der Waals surface area contributed by atoms with Crippen LogP contribution in [0.4, 0.5) is 17.1 Å². The van der Waals surface area contributed by atoms with Crippen LogP contribution in [0.15, 0.2) is 42.5 Å². The van der Waals surface area contributed by atoms with Gasteiger partial charge in [-0.3, -0.25) is 14.9 Å². The van der Waals surface area contributed by atoms with Gasteiger partial charge >= 0.3 is 5.69 Å². The van der Waals surface area contributed by atoms with E-state index in [4.69, 9.17) is 16.3 Å². The van der Waals surface area contributed by atoms with E-state index in [0.717, 1.165) is 31.6 Å². The summed E-state index contributed by atoms with van der Waals surface area (Å²) in [6.07, 6.45) is 3.42. The summed E-state index contributed by atoms with van der Waals surface area (Å²) in [7, 11) is 0. The Morgan fingerprint density at radius 3 is 2.67 bits per heavy atom. The number of amides is 1. The third kappa shape index (κ3) is 4.89. The Labute approximate surface area is 162 Å². The van der Waals surface area contributed by atoms with E-state index in [1.54, 1.807) is 24.3 Å². The van der Waals surface area contributed by atoms with Crippen molar-refractivity contribution in [2.45, 2.75) is 19.3 Å². The summed E-state index contributed by atoms with van der Waals surface area (Å²) >= 11 is 6.09. The van der Waals surface area contributed by atoms with Crippen molar-refractivity contribution in [3.8, 4) is 5.75 Å². The van der Waals surface area contributed by atoms with Crippen LogP contribution in [-0.2, 0) is 4.79 Å². The van der Waals surface area contributed by atoms with E-state index in [1.807, 2.05) is 6.07 Å². The van der Waals surface area contributed by atoms with Crippen LogP contribution < -0.4 is 15.0 Å². The summed E-state index contributed by atoms with van der Waals surface area (Å²) < 4.78 is 5.35. The zero-order valence-electron chi connectivity index (χ0n) is 14.7. The first-order valence-electron chi connectivity index (χ1n) is 8.75. The Hall–Kier alpha value is -2.80. The van der Waals surface area contributed by atoms with Crippen LogP contribution in [0.1, 0.15) is 19.3 Å². The molecular formula is C19H20ClN3O4. The molecule has 1 heterocycles. The predicted molar refractivity (Wildman–Crippen MR) is 105 cm³/mol. The van der Waals surface area contributed by atoms with Crippen molar-refractivity contribution < 1.29 is 14.5 Å². The molecule has 1 amide bonds. The first-order valence-corrected chi connectivity index (χ1v) is 9.13. The van der Waals surface area contributed by atoms with E-state index < -0.39 is 10.8 Å². The van der Waals surface area contributed by atoms with Crippen molar-refractivity contribution in [1.29, 1.82) is 0 Å². The zero-order valence-corrected chi connectivity index (χ0v) is 15.4. The number of nitrogens with zero attached hydrogens (tertiary/aromatic N) is 2. The van der Waals surface area contributed by atoms with Gasteiger partial charge in [-0.2, -0.15) is 0 Å². The lowest BCUT2D eigenvalue weighted by molar-refractivity contribution is -0.385. The summed E-state index contributed by atoms with van der Waals surface area (Å²) in [6, 6.07) is 11.3. The quantitative estimate of drug-likeness (QED) is 0.589. The second kappa shape index (κ2) is 8.73. The van der Waals surface area contributed by atoms with Gasteiger partial charge in [0, 0.05) is 24.2 Å². The third-order valence-corrected chi connectivity index (χ3v) is 4.59. The van der Waals surface area contributed by atoms with Crippen molar-refractivity contribution in [2.24, 2.45) is 0 Å². The second-order valence-corrected chi connectivity index (χ2v) is 6.71. The van der Waals surface area contributed by atoms with E-state index >= 15 is 0 Å². The Morgan fingerprint density at radius 2 is 1.93 bits per heavy atom. The molecule has 8 heteroatoms. The Bertz CT molecular complexity index is 837. The molecule has 1 saturated heterocycles. The number of nitrogens with one attached hydrogen (secondary N) is 1. The molecule has 1 aliphatic rings. The molecule has 0 unspecified atom stereocenters. The second-order valence-electron chi connectivity index (χ2n) is 6.27. The van der Waals surface area contributed by atoms with Gasteiger partial charge in [0.15, 0.2) is 12.4 Å². The number of rotatable bonds is 6. The minimum Gasteiger partial charge on any atom is -0.477 e. The summed E-state index contributed by atoms with van der Waals surface area (Å²) in [5, 5.41) is 14.3. The van der Waals surface area contributed by atoms with Crippen molar-refractivity contribution >= 4 is 34.6 Å². The lowest BCUT2D eigenvalue weighted by Gasteiger charge is -2.30. The van der Waals surface area contributed by atoms with Gasteiger partial charge in [-0.25, -0.2) is 0 Å². The average Bonchev–Trinajstić information content (AvgIpc) is 2.67. The summed E-state index contributed by atoms with van der Waals surface area (Å²) in [6.45, 7) is 1.52. The van der Waals surface area contributed by atoms with Crippen LogP contribution in [0.2, 0.25) is 5.02 Å². The highest BCUT2D eigenvalue weighted by Gasteiger charge is 2.18. The van der Waals surface area contributed by atoms with Crippen LogP contribution in [0.25, 0.3) is 0 Å². The molecule has 3 rings (SSSR count). The molecule has 1 fully saturated rings. The topological polar surface area (TPSA) is 84.7 Å². The van der Waals surface area contributed by atoms with Gasteiger partial charge in [0.05, 0.1) is 16.3 Å². The number of hydrogen-bond donors (Lipinski definition) is 1. The van der Waals surface area contributed by atoms with Gasteiger partial charge in [-0.05, 0) is 43.5 Å². The number of para-hydroxylation sites is 2. The number of nitro groups is 1. The largest absolute Gasteiger partial charge is 0.477 e. The number of nitro benzene ring substituents is 1. The molecule has 0 aliphatic carbocycles. The average molecular weight is 390 g/mol. The van der Waals surface area contributed by atoms with Crippen molar-refractivity contribution in [3.05, 3.63) is 57.6 Å². The smallest absolute Gasteiger partial charge is 0.310 e. The molecule has 0 spiro atoms. The van der Waals surface area contributed by atoms with Crippen LogP contribution in [0, 0.1) is 10.1 Å². The molecule has 1 N–H and O–H groups in total. The fourth-order valence-electron chi connectivity index (χ4n) is 3.08. The van der Waals surface area contributed by atoms with E-state index in [-0.39, 0.29) is 18.0 Å². The molecule has 0 bridgehead atoms. The minimum absolute atomic E-state index is 0.0556. The van der Waals surface area contributed by atoms with Gasteiger partial charge in [0.1, 0.15) is 0 Å². The van der Waals surface area contributed by atoms with E-state index in [2.05, 4.69) is 10.2 Å². The van der Waals surface area contributed by atoms with Gasteiger partial charge in [0.2, 0.25) is 0 Å². The highest BCUT2D eigenvalue weighted by atomic mass is 35.5. The Kier molecular flexibility index (Phi) is 6.13. The summed E-state index contributed by atoms with van der Waals surface area (Å²) in [5.41, 5.74) is 1.35. The molecule has 2 aromatic rings. The van der Waals surface area contributed by atoms with Crippen LogP contribution >= 0.6 is 11.6 Å². The first-order chi connectivity index (χ1) is 13.0. The molecular weight excluding hydrogens is 370 g/mol. The monoisotopic (exact) mass is 389 g/mol. The predicted octanol–water partition coefficient (Wildman–Crippen LogP) is 4.26. The van der Waals surface area contributed by atoms with Crippen LogP contribution in [-0.4, -0.2) is 30.5 Å². The standard InChI is InChI=1S/C19H20ClN3O4/c20-14-8-9-16(22-10-4-1-5-11-22)15(12-14)21-19(24)13-27-18-7-3-2-6-17(18)23(25)26/h2-3,6-9,12H,1,4-5,10-11,13H2,(H,21,24). The molecule has 0 radical (unpaired) electrons. The molecule has 1 aliphatic heterocycles. The maximum atomic E-state index is 12.3. The molecule has 142 valence electrons. The van der Waals surface area contributed by atoms with Gasteiger partial charge in [0.25, 0.3) is 5.91 Å². The van der Waals surface area contributed by atoms with Gasteiger partial charge in [-0.1, -0.05) is 23.7 Å². The highest BCUT2D eigenvalue weighted by molar-refractivity contribution is 6.31. The van der Waals surface area contributed by atoms with Crippen LogP contribution in [0.3, 0.4) is 0 Å². The lowest BCUT2D eigenvalue weighted by atomic mass is 10.1. The van der Waals surface area contributed by atoms with Crippen molar-refractivity contribution in [2.75, 3.05) is 29.9 Å². The van der Waals surface area contributed by atoms with E-state index in [9.17, 15) is 14.9 Å². The number of halogens is 1. The highest BCUT2D eigenvalue weighted by Crippen LogP contribution is 2.31. The summed E-state index contributed by atoms with van der Waals surface area (Å²) in [5.74, 6) is -0.353. The fourth-order valence-corrected chi connectivity index (χ4v) is 3.25. The zero-order chi connectivity index (χ0) is 19.2. The number of carbonyl (C=O) groups is 1. The number of ether oxygens (including phenoxy) is 1. The molecule has 7 nitrogen and oxygen atoms in total. The minimum atomic E-state index is -0.543. The first kappa shape index (κ1) is 19.0. The van der Waals surface area contributed by atoms with Gasteiger partial charge < -0.3 is 15.0 Å². The van der Waals surface area contributed by atoms with Crippen molar-refractivity contribution in [3.63, 3.8) is 0 Å². The fraction of sp³-hybridized carbons (Fsp3) is 0.316. The SMILES string of the molecule is O=C(COc1ccccc1[N+](=O)[O-])Nc1cc(Cl)ccc1N1CCCCC1. The third-order valence-electron chi connectivity index (χ3n) is 4.35. The molecule has 0 saturated carbocycles. The number of hydrogen-bond acceptors (Lipinski definition) is 5. The Morgan fingerprint density at radius 1 is 1.19 bits per heavy atom. The molecule has 0 atom stereocenters. The molecule has 0 aromatic heterocycles. The van der Waals surface area contributed by atoms with E-state index in [1.165, 1.54) is 18.6 Å². The van der Waals surface area contributed by atoms with E-state index in [0.29, 0.717) is 10.7 Å².